The predicted octanol–water partition coefficient (Wildman–Crippen LogP) is 3.41. The van der Waals surface area contributed by atoms with Crippen molar-refractivity contribution in [3.05, 3.63) is 40.7 Å². The van der Waals surface area contributed by atoms with Crippen LogP contribution in [-0.4, -0.2) is 41.3 Å². The van der Waals surface area contributed by atoms with Crippen LogP contribution >= 0.6 is 11.3 Å². The van der Waals surface area contributed by atoms with Crippen LogP contribution in [0.15, 0.2) is 24.3 Å². The lowest BCUT2D eigenvalue weighted by Gasteiger charge is -2.14. The van der Waals surface area contributed by atoms with Crippen LogP contribution in [0.5, 0.6) is 0 Å². The maximum absolute atomic E-state index is 12.9. The lowest BCUT2D eigenvalue weighted by Crippen LogP contribution is -2.23. The van der Waals surface area contributed by atoms with Gasteiger partial charge < -0.3 is 10.2 Å². The van der Waals surface area contributed by atoms with Crippen molar-refractivity contribution in [1.29, 1.82) is 0 Å². The smallest absolute Gasteiger partial charge is 0.205 e. The molecule has 1 fully saturated rings. The van der Waals surface area contributed by atoms with Gasteiger partial charge in [-0.2, -0.15) is 0 Å². The predicted molar refractivity (Wildman–Crippen MR) is 92.4 cm³/mol. The highest BCUT2D eigenvalue weighted by molar-refractivity contribution is 7.15. The number of benzene rings is 1. The van der Waals surface area contributed by atoms with Crippen molar-refractivity contribution in [2.24, 2.45) is 5.92 Å². The second-order valence-electron chi connectivity index (χ2n) is 6.14. The summed E-state index contributed by atoms with van der Waals surface area (Å²) in [5, 5.41) is 13.7. The Morgan fingerprint density at radius 2 is 2.13 bits per heavy atom. The van der Waals surface area contributed by atoms with Gasteiger partial charge in [0.25, 0.3) is 0 Å². The Balaban J connectivity index is 1.47. The fraction of sp³-hybridized carbons (Fsp3) is 0.529. The second-order valence-corrected chi connectivity index (χ2v) is 7.20. The fourth-order valence-corrected chi connectivity index (χ4v) is 3.78. The molecule has 23 heavy (non-hydrogen) atoms. The molecule has 1 aromatic heterocycles. The molecule has 0 spiro atoms. The average molecular weight is 334 g/mol. The van der Waals surface area contributed by atoms with E-state index in [0.29, 0.717) is 12.3 Å². The highest BCUT2D eigenvalue weighted by atomic mass is 32.1. The molecule has 6 heteroatoms. The van der Waals surface area contributed by atoms with Crippen molar-refractivity contribution in [3.8, 4) is 0 Å². The van der Waals surface area contributed by atoms with E-state index in [1.807, 2.05) is 0 Å². The molecule has 1 N–H and O–H groups in total. The quantitative estimate of drug-likeness (QED) is 0.842. The molecule has 2 heterocycles. The van der Waals surface area contributed by atoms with Gasteiger partial charge in [-0.25, -0.2) is 4.39 Å². The third kappa shape index (κ3) is 4.72. The summed E-state index contributed by atoms with van der Waals surface area (Å²) in [6, 6.07) is 6.56. The molecular formula is C17H23FN4S. The Hall–Kier alpha value is -1.53. The molecule has 0 aliphatic carbocycles. The van der Waals surface area contributed by atoms with Crippen LogP contribution in [0.25, 0.3) is 0 Å². The first kappa shape index (κ1) is 16.3. The van der Waals surface area contributed by atoms with E-state index in [-0.39, 0.29) is 5.82 Å². The lowest BCUT2D eigenvalue weighted by molar-refractivity contribution is 0.327. The Morgan fingerprint density at radius 3 is 2.91 bits per heavy atom. The molecular weight excluding hydrogens is 311 g/mol. The minimum Gasteiger partial charge on any atom is -0.360 e. The molecule has 2 aromatic rings. The number of nitrogens with one attached hydrogen (secondary N) is 1. The summed E-state index contributed by atoms with van der Waals surface area (Å²) in [6.45, 7) is 6.80. The first-order valence-electron chi connectivity index (χ1n) is 8.26. The van der Waals surface area contributed by atoms with Gasteiger partial charge in [0.1, 0.15) is 10.8 Å². The van der Waals surface area contributed by atoms with Crippen LogP contribution in [0.4, 0.5) is 9.52 Å². The SMILES string of the molecule is CCCN1CCC(CNc2nnc(Cc3ccc(F)cc3)s2)C1. The minimum atomic E-state index is -0.206. The third-order valence-electron chi connectivity index (χ3n) is 4.19. The Morgan fingerprint density at radius 1 is 1.30 bits per heavy atom. The molecule has 1 atom stereocenters. The standard InChI is InChI=1S/C17H23FN4S/c1-2-8-22-9-7-14(12-22)11-19-17-21-20-16(23-17)10-13-3-5-15(18)6-4-13/h3-6,14H,2,7-12H2,1H3,(H,19,21). The number of anilines is 1. The first-order chi connectivity index (χ1) is 11.2. The zero-order valence-corrected chi connectivity index (χ0v) is 14.3. The third-order valence-corrected chi connectivity index (χ3v) is 5.07. The van der Waals surface area contributed by atoms with E-state index in [1.54, 1.807) is 23.5 Å². The van der Waals surface area contributed by atoms with Crippen LogP contribution in [0.1, 0.15) is 30.3 Å². The van der Waals surface area contributed by atoms with Gasteiger partial charge in [-0.15, -0.1) is 10.2 Å². The van der Waals surface area contributed by atoms with Crippen molar-refractivity contribution in [3.63, 3.8) is 0 Å². The Labute approximate surface area is 140 Å². The van der Waals surface area contributed by atoms with Crippen molar-refractivity contribution in [1.82, 2.24) is 15.1 Å². The zero-order valence-electron chi connectivity index (χ0n) is 13.5. The summed E-state index contributed by atoms with van der Waals surface area (Å²) in [4.78, 5) is 2.53. The summed E-state index contributed by atoms with van der Waals surface area (Å²) in [5.74, 6) is 0.494. The molecule has 0 amide bonds. The number of likely N-dealkylation sites (tertiary alicyclic amines) is 1. The van der Waals surface area contributed by atoms with Crippen molar-refractivity contribution >= 4 is 16.5 Å². The normalized spacial score (nSPS) is 18.4. The molecule has 1 aromatic carbocycles. The molecule has 1 saturated heterocycles. The van der Waals surface area contributed by atoms with Crippen LogP contribution in [0, 0.1) is 11.7 Å². The van der Waals surface area contributed by atoms with Crippen LogP contribution < -0.4 is 5.32 Å². The molecule has 0 bridgehead atoms. The summed E-state index contributed by atoms with van der Waals surface area (Å²) in [7, 11) is 0. The zero-order chi connectivity index (χ0) is 16.1. The molecule has 3 rings (SSSR count). The maximum Gasteiger partial charge on any atom is 0.205 e. The van der Waals surface area contributed by atoms with Gasteiger partial charge in [0, 0.05) is 19.5 Å². The number of halogens is 1. The van der Waals surface area contributed by atoms with E-state index in [1.165, 1.54) is 44.6 Å². The van der Waals surface area contributed by atoms with E-state index in [0.717, 1.165) is 22.2 Å². The summed E-state index contributed by atoms with van der Waals surface area (Å²) >= 11 is 1.59. The van der Waals surface area contributed by atoms with Crippen molar-refractivity contribution in [2.45, 2.75) is 26.2 Å². The van der Waals surface area contributed by atoms with Crippen molar-refractivity contribution < 1.29 is 4.39 Å². The van der Waals surface area contributed by atoms with Gasteiger partial charge in [-0.3, -0.25) is 0 Å². The highest BCUT2D eigenvalue weighted by Crippen LogP contribution is 2.21. The molecule has 1 aliphatic heterocycles. The lowest BCUT2D eigenvalue weighted by atomic mass is 10.1. The van der Waals surface area contributed by atoms with Gasteiger partial charge >= 0.3 is 0 Å². The van der Waals surface area contributed by atoms with E-state index in [4.69, 9.17) is 0 Å². The van der Waals surface area contributed by atoms with Gasteiger partial charge in [0.15, 0.2) is 0 Å². The number of rotatable bonds is 7. The second kappa shape index (κ2) is 7.84. The van der Waals surface area contributed by atoms with E-state index < -0.39 is 0 Å². The van der Waals surface area contributed by atoms with Crippen LogP contribution in [0.2, 0.25) is 0 Å². The monoisotopic (exact) mass is 334 g/mol. The number of hydrogen-bond donors (Lipinski definition) is 1. The maximum atomic E-state index is 12.9. The van der Waals surface area contributed by atoms with E-state index in [2.05, 4.69) is 27.3 Å². The van der Waals surface area contributed by atoms with Gasteiger partial charge in [-0.05, 0) is 49.5 Å². The summed E-state index contributed by atoms with van der Waals surface area (Å²) in [6.07, 6.45) is 3.19. The number of nitrogens with zero attached hydrogens (tertiary/aromatic N) is 3. The van der Waals surface area contributed by atoms with Gasteiger partial charge in [0.05, 0.1) is 0 Å². The minimum absolute atomic E-state index is 0.206. The highest BCUT2D eigenvalue weighted by Gasteiger charge is 2.21. The molecule has 124 valence electrons. The number of aromatic nitrogens is 2. The Bertz CT molecular complexity index is 613. The Kier molecular flexibility index (Phi) is 5.56. The molecule has 0 radical (unpaired) electrons. The molecule has 0 saturated carbocycles. The van der Waals surface area contributed by atoms with Gasteiger partial charge in [0.2, 0.25) is 5.13 Å². The number of hydrogen-bond acceptors (Lipinski definition) is 5. The topological polar surface area (TPSA) is 41.0 Å². The van der Waals surface area contributed by atoms with Gasteiger partial charge in [-0.1, -0.05) is 30.4 Å². The largest absolute Gasteiger partial charge is 0.360 e. The van der Waals surface area contributed by atoms with E-state index in [9.17, 15) is 4.39 Å². The van der Waals surface area contributed by atoms with E-state index >= 15 is 0 Å². The molecule has 4 nitrogen and oxygen atoms in total. The average Bonchev–Trinajstić information content (AvgIpc) is 3.17. The summed E-state index contributed by atoms with van der Waals surface area (Å²) in [5.41, 5.74) is 1.06. The first-order valence-corrected chi connectivity index (χ1v) is 9.07. The molecule has 1 unspecified atom stereocenters. The van der Waals surface area contributed by atoms with Crippen LogP contribution in [0.3, 0.4) is 0 Å². The van der Waals surface area contributed by atoms with Crippen molar-refractivity contribution in [2.75, 3.05) is 31.5 Å². The fourth-order valence-electron chi connectivity index (χ4n) is 3.00. The molecule has 1 aliphatic rings. The van der Waals surface area contributed by atoms with Crippen LogP contribution in [-0.2, 0) is 6.42 Å². The summed E-state index contributed by atoms with van der Waals surface area (Å²) < 4.78 is 12.9.